The van der Waals surface area contributed by atoms with Crippen molar-refractivity contribution in [2.75, 3.05) is 0 Å². The third kappa shape index (κ3) is 2.31. The van der Waals surface area contributed by atoms with Crippen LogP contribution < -0.4 is 0 Å². The summed E-state index contributed by atoms with van der Waals surface area (Å²) in [7, 11) is 0. The highest BCUT2D eigenvalue weighted by Gasteiger charge is 2.00. The van der Waals surface area contributed by atoms with Gasteiger partial charge in [-0.05, 0) is 31.4 Å². The minimum Gasteiger partial charge on any atom is -0.289 e. The van der Waals surface area contributed by atoms with Gasteiger partial charge in [-0.1, -0.05) is 5.57 Å². The molecule has 0 aliphatic rings. The quantitative estimate of drug-likeness (QED) is 0.487. The van der Waals surface area contributed by atoms with E-state index >= 15 is 0 Å². The van der Waals surface area contributed by atoms with Crippen molar-refractivity contribution in [1.82, 2.24) is 0 Å². The predicted molar refractivity (Wildman–Crippen MR) is 48.1 cm³/mol. The summed E-state index contributed by atoms with van der Waals surface area (Å²) in [6.07, 6.45) is 1.65. The minimum absolute atomic E-state index is 0.103. The number of hydrogen-bond acceptors (Lipinski definition) is 2. The van der Waals surface area contributed by atoms with Crippen LogP contribution in [-0.4, -0.2) is 5.78 Å². The maximum atomic E-state index is 11.2. The molecule has 0 fully saturated rings. The number of carbonyl (C=O) groups excluding carboxylic acids is 1. The van der Waals surface area contributed by atoms with Crippen molar-refractivity contribution in [3.63, 3.8) is 0 Å². The first-order chi connectivity index (χ1) is 5.20. The van der Waals surface area contributed by atoms with Crippen LogP contribution in [0.2, 0.25) is 0 Å². The molecule has 0 unspecified atom stereocenters. The minimum atomic E-state index is 0.103. The van der Waals surface area contributed by atoms with Crippen molar-refractivity contribution in [2.45, 2.75) is 13.8 Å². The van der Waals surface area contributed by atoms with Crippen molar-refractivity contribution < 1.29 is 4.79 Å². The van der Waals surface area contributed by atoms with Gasteiger partial charge in [0.2, 0.25) is 0 Å². The van der Waals surface area contributed by atoms with Crippen molar-refractivity contribution in [3.8, 4) is 0 Å². The first-order valence-electron chi connectivity index (χ1n) is 3.41. The van der Waals surface area contributed by atoms with E-state index in [4.69, 9.17) is 0 Å². The van der Waals surface area contributed by atoms with Crippen molar-refractivity contribution in [2.24, 2.45) is 0 Å². The molecule has 1 nitrogen and oxygen atoms in total. The molecule has 0 bridgehead atoms. The van der Waals surface area contributed by atoms with E-state index in [1.807, 2.05) is 30.7 Å². The summed E-state index contributed by atoms with van der Waals surface area (Å²) >= 11 is 1.54. The van der Waals surface area contributed by atoms with Gasteiger partial charge >= 0.3 is 0 Å². The zero-order valence-corrected chi connectivity index (χ0v) is 7.44. The lowest BCUT2D eigenvalue weighted by atomic mass is 10.2. The lowest BCUT2D eigenvalue weighted by molar-refractivity contribution is 0.104. The Kier molecular flexibility index (Phi) is 2.60. The highest BCUT2D eigenvalue weighted by atomic mass is 32.1. The van der Waals surface area contributed by atoms with Crippen LogP contribution in [0, 0.1) is 0 Å². The Labute approximate surface area is 70.4 Å². The molecule has 0 atom stereocenters. The Balaban J connectivity index is 2.80. The fourth-order valence-corrected chi connectivity index (χ4v) is 1.40. The van der Waals surface area contributed by atoms with E-state index in [1.54, 1.807) is 17.4 Å². The average Bonchev–Trinajstić information content (AvgIpc) is 2.35. The molecule has 0 amide bonds. The third-order valence-electron chi connectivity index (χ3n) is 1.23. The molecule has 0 aliphatic heterocycles. The second kappa shape index (κ2) is 3.49. The van der Waals surface area contributed by atoms with E-state index < -0.39 is 0 Å². The summed E-state index contributed by atoms with van der Waals surface area (Å²) in [4.78, 5) is 11.2. The van der Waals surface area contributed by atoms with Crippen molar-refractivity contribution in [1.29, 1.82) is 0 Å². The number of allylic oxidation sites excluding steroid dienone is 2. The molecule has 0 aromatic carbocycles. The molecule has 1 rings (SSSR count). The summed E-state index contributed by atoms with van der Waals surface area (Å²) in [6, 6.07) is 1.84. The Hall–Kier alpha value is -0.890. The third-order valence-corrected chi connectivity index (χ3v) is 1.91. The maximum Gasteiger partial charge on any atom is 0.186 e. The molecule has 0 spiro atoms. The van der Waals surface area contributed by atoms with Crippen LogP contribution in [0.1, 0.15) is 24.2 Å². The number of ketones is 1. The van der Waals surface area contributed by atoms with Gasteiger partial charge in [-0.3, -0.25) is 4.79 Å². The predicted octanol–water partition coefficient (Wildman–Crippen LogP) is 2.90. The van der Waals surface area contributed by atoms with Gasteiger partial charge in [0, 0.05) is 10.9 Å². The topological polar surface area (TPSA) is 17.1 Å². The van der Waals surface area contributed by atoms with Gasteiger partial charge in [0.1, 0.15) is 0 Å². The lowest BCUT2D eigenvalue weighted by Crippen LogP contribution is -1.91. The lowest BCUT2D eigenvalue weighted by Gasteiger charge is -1.89. The van der Waals surface area contributed by atoms with Crippen LogP contribution in [-0.2, 0) is 0 Å². The van der Waals surface area contributed by atoms with Crippen LogP contribution in [0.4, 0.5) is 0 Å². The normalized spacial score (nSPS) is 9.27. The van der Waals surface area contributed by atoms with Crippen molar-refractivity contribution >= 4 is 17.1 Å². The van der Waals surface area contributed by atoms with E-state index in [2.05, 4.69) is 0 Å². The average molecular weight is 166 g/mol. The van der Waals surface area contributed by atoms with Crippen LogP contribution >= 0.6 is 11.3 Å². The van der Waals surface area contributed by atoms with Gasteiger partial charge in [0.25, 0.3) is 0 Å². The van der Waals surface area contributed by atoms with Gasteiger partial charge in [0.05, 0.1) is 0 Å². The number of hydrogen-bond donors (Lipinski definition) is 0. The summed E-state index contributed by atoms with van der Waals surface area (Å²) in [6.45, 7) is 3.84. The molecule has 58 valence electrons. The molecule has 11 heavy (non-hydrogen) atoms. The molecule has 2 heteroatoms. The van der Waals surface area contributed by atoms with Gasteiger partial charge in [-0.2, -0.15) is 11.3 Å². The molecule has 0 saturated carbocycles. The first kappa shape index (κ1) is 8.21. The van der Waals surface area contributed by atoms with Crippen LogP contribution in [0.25, 0.3) is 0 Å². The zero-order chi connectivity index (χ0) is 8.27. The second-order valence-electron chi connectivity index (χ2n) is 2.60. The molecule has 0 radical (unpaired) electrons. The van der Waals surface area contributed by atoms with Crippen LogP contribution in [0.5, 0.6) is 0 Å². The SMILES string of the molecule is CC(C)=CC(=O)c1ccsc1. The highest BCUT2D eigenvalue weighted by Crippen LogP contribution is 2.08. The van der Waals surface area contributed by atoms with E-state index in [9.17, 15) is 4.79 Å². The molecule has 0 aliphatic carbocycles. The zero-order valence-electron chi connectivity index (χ0n) is 6.63. The van der Waals surface area contributed by atoms with Gasteiger partial charge < -0.3 is 0 Å². The van der Waals surface area contributed by atoms with Gasteiger partial charge in [0.15, 0.2) is 5.78 Å². The Morgan fingerprint density at radius 3 is 2.73 bits per heavy atom. The highest BCUT2D eigenvalue weighted by molar-refractivity contribution is 7.08. The number of thiophene rings is 1. The van der Waals surface area contributed by atoms with Crippen molar-refractivity contribution in [3.05, 3.63) is 34.0 Å². The van der Waals surface area contributed by atoms with Gasteiger partial charge in [-0.25, -0.2) is 0 Å². The Morgan fingerprint density at radius 2 is 2.27 bits per heavy atom. The number of rotatable bonds is 2. The molecule has 0 saturated heterocycles. The number of carbonyl (C=O) groups is 1. The molecule has 0 N–H and O–H groups in total. The van der Waals surface area contributed by atoms with Gasteiger partial charge in [-0.15, -0.1) is 0 Å². The monoisotopic (exact) mass is 166 g/mol. The summed E-state index contributed by atoms with van der Waals surface area (Å²) < 4.78 is 0. The fraction of sp³-hybridized carbons (Fsp3) is 0.222. The molecule has 1 aromatic heterocycles. The molecule has 1 heterocycles. The smallest absolute Gasteiger partial charge is 0.186 e. The van der Waals surface area contributed by atoms with Crippen LogP contribution in [0.3, 0.4) is 0 Å². The standard InChI is InChI=1S/C9H10OS/c1-7(2)5-9(10)8-3-4-11-6-8/h3-6H,1-2H3. The fourth-order valence-electron chi connectivity index (χ4n) is 0.750. The second-order valence-corrected chi connectivity index (χ2v) is 3.38. The van der Waals surface area contributed by atoms with Crippen LogP contribution in [0.15, 0.2) is 28.5 Å². The summed E-state index contributed by atoms with van der Waals surface area (Å²) in [5.74, 6) is 0.103. The van der Waals surface area contributed by atoms with E-state index in [0.717, 1.165) is 11.1 Å². The largest absolute Gasteiger partial charge is 0.289 e. The molecular formula is C9H10OS. The van der Waals surface area contributed by atoms with E-state index in [0.29, 0.717) is 0 Å². The Morgan fingerprint density at radius 1 is 1.55 bits per heavy atom. The summed E-state index contributed by atoms with van der Waals surface area (Å²) in [5, 5.41) is 3.77. The van der Waals surface area contributed by atoms with E-state index in [1.165, 1.54) is 0 Å². The first-order valence-corrected chi connectivity index (χ1v) is 4.36. The molecular weight excluding hydrogens is 156 g/mol. The Bertz CT molecular complexity index is 266. The maximum absolute atomic E-state index is 11.2. The van der Waals surface area contributed by atoms with E-state index in [-0.39, 0.29) is 5.78 Å². The summed E-state index contributed by atoms with van der Waals surface area (Å²) in [5.41, 5.74) is 1.83. The molecule has 1 aromatic rings.